The Morgan fingerprint density at radius 3 is 3.12 bits per heavy atom. The molecular formula is C12H19N3O2. The van der Waals surface area contributed by atoms with Crippen LogP contribution in [0.5, 0.6) is 0 Å². The number of ether oxygens (including phenoxy) is 2. The molecule has 2 rings (SSSR count). The molecule has 1 fully saturated rings. The van der Waals surface area contributed by atoms with Crippen molar-refractivity contribution in [1.82, 2.24) is 9.97 Å². The van der Waals surface area contributed by atoms with E-state index < -0.39 is 0 Å². The van der Waals surface area contributed by atoms with E-state index >= 15 is 0 Å². The number of hydrogen-bond acceptors (Lipinski definition) is 5. The zero-order valence-electron chi connectivity index (χ0n) is 10.2. The Hall–Kier alpha value is -1.20. The standard InChI is InChI=1S/C12H19N3O2/c1-2-3-10-6-12(15-9-14-10)13-7-11-8-16-4-5-17-11/h6,9,11H,2-5,7-8H2,1H3,(H,13,14,15). The highest BCUT2D eigenvalue weighted by atomic mass is 16.6. The number of rotatable bonds is 5. The lowest BCUT2D eigenvalue weighted by Crippen LogP contribution is -2.34. The molecule has 1 N–H and O–H groups in total. The highest BCUT2D eigenvalue weighted by Gasteiger charge is 2.13. The third kappa shape index (κ3) is 3.94. The molecule has 0 radical (unpaired) electrons. The highest BCUT2D eigenvalue weighted by Crippen LogP contribution is 2.07. The maximum Gasteiger partial charge on any atom is 0.129 e. The molecule has 2 heterocycles. The minimum absolute atomic E-state index is 0.119. The first-order valence-corrected chi connectivity index (χ1v) is 6.12. The summed E-state index contributed by atoms with van der Waals surface area (Å²) in [4.78, 5) is 8.40. The predicted octanol–water partition coefficient (Wildman–Crippen LogP) is 1.26. The second kappa shape index (κ2) is 6.51. The number of nitrogens with zero attached hydrogens (tertiary/aromatic N) is 2. The normalized spacial score (nSPS) is 20.2. The number of hydrogen-bond donors (Lipinski definition) is 1. The first-order valence-electron chi connectivity index (χ1n) is 6.12. The molecule has 1 aromatic rings. The van der Waals surface area contributed by atoms with Gasteiger partial charge in [-0.05, 0) is 6.42 Å². The molecule has 0 bridgehead atoms. The Bertz CT molecular complexity index is 340. The van der Waals surface area contributed by atoms with E-state index in [0.29, 0.717) is 19.8 Å². The van der Waals surface area contributed by atoms with E-state index in [2.05, 4.69) is 22.2 Å². The molecular weight excluding hydrogens is 218 g/mol. The van der Waals surface area contributed by atoms with Crippen LogP contribution in [-0.2, 0) is 15.9 Å². The summed E-state index contributed by atoms with van der Waals surface area (Å²) in [7, 11) is 0. The van der Waals surface area contributed by atoms with Crippen LogP contribution in [0.15, 0.2) is 12.4 Å². The molecule has 0 amide bonds. The third-order valence-electron chi connectivity index (χ3n) is 2.63. The second-order valence-electron chi connectivity index (χ2n) is 4.09. The van der Waals surface area contributed by atoms with Gasteiger partial charge in [0.1, 0.15) is 12.1 Å². The van der Waals surface area contributed by atoms with Crippen LogP contribution in [0, 0.1) is 0 Å². The van der Waals surface area contributed by atoms with Crippen LogP contribution >= 0.6 is 0 Å². The summed E-state index contributed by atoms with van der Waals surface area (Å²) in [6.45, 7) is 4.90. The van der Waals surface area contributed by atoms with Crippen LogP contribution in [0.4, 0.5) is 5.82 Å². The van der Waals surface area contributed by atoms with Gasteiger partial charge in [0, 0.05) is 18.3 Å². The van der Waals surface area contributed by atoms with Crippen LogP contribution in [0.1, 0.15) is 19.0 Å². The summed E-state index contributed by atoms with van der Waals surface area (Å²) >= 11 is 0. The Balaban J connectivity index is 1.83. The Morgan fingerprint density at radius 1 is 1.41 bits per heavy atom. The van der Waals surface area contributed by atoms with E-state index in [1.807, 2.05) is 6.07 Å². The van der Waals surface area contributed by atoms with Gasteiger partial charge < -0.3 is 14.8 Å². The fraction of sp³-hybridized carbons (Fsp3) is 0.667. The molecule has 0 aliphatic carbocycles. The molecule has 5 nitrogen and oxygen atoms in total. The molecule has 17 heavy (non-hydrogen) atoms. The van der Waals surface area contributed by atoms with Gasteiger partial charge in [0.15, 0.2) is 0 Å². The molecule has 1 atom stereocenters. The molecule has 0 saturated carbocycles. The molecule has 1 aromatic heterocycles. The largest absolute Gasteiger partial charge is 0.376 e. The number of aromatic nitrogens is 2. The first kappa shape index (κ1) is 12.3. The van der Waals surface area contributed by atoms with E-state index in [-0.39, 0.29) is 6.10 Å². The summed E-state index contributed by atoms with van der Waals surface area (Å²) in [5, 5.41) is 3.26. The minimum atomic E-state index is 0.119. The lowest BCUT2D eigenvalue weighted by molar-refractivity contribution is -0.0819. The third-order valence-corrected chi connectivity index (χ3v) is 2.63. The van der Waals surface area contributed by atoms with Gasteiger partial charge in [0.05, 0.1) is 25.9 Å². The highest BCUT2D eigenvalue weighted by molar-refractivity contribution is 5.34. The molecule has 1 aliphatic heterocycles. The lowest BCUT2D eigenvalue weighted by atomic mass is 10.2. The maximum atomic E-state index is 5.55. The van der Waals surface area contributed by atoms with Crippen molar-refractivity contribution in [1.29, 1.82) is 0 Å². The molecule has 1 aliphatic rings. The van der Waals surface area contributed by atoms with Gasteiger partial charge in [-0.15, -0.1) is 0 Å². The van der Waals surface area contributed by atoms with E-state index in [9.17, 15) is 0 Å². The SMILES string of the molecule is CCCc1cc(NCC2COCCO2)ncn1. The molecule has 94 valence electrons. The van der Waals surface area contributed by atoms with Crippen molar-refractivity contribution in [2.75, 3.05) is 31.7 Å². The molecule has 0 spiro atoms. The summed E-state index contributed by atoms with van der Waals surface area (Å²) in [5.74, 6) is 0.859. The van der Waals surface area contributed by atoms with Gasteiger partial charge in [0.25, 0.3) is 0 Å². The van der Waals surface area contributed by atoms with Gasteiger partial charge in [0.2, 0.25) is 0 Å². The first-order chi connectivity index (χ1) is 8.38. The smallest absolute Gasteiger partial charge is 0.129 e. The van der Waals surface area contributed by atoms with Crippen molar-refractivity contribution in [3.63, 3.8) is 0 Å². The topological polar surface area (TPSA) is 56.3 Å². The average Bonchev–Trinajstić information content (AvgIpc) is 2.39. The molecule has 1 saturated heterocycles. The molecule has 0 aromatic carbocycles. The van der Waals surface area contributed by atoms with Gasteiger partial charge in [-0.1, -0.05) is 13.3 Å². The zero-order valence-corrected chi connectivity index (χ0v) is 10.2. The van der Waals surface area contributed by atoms with Crippen molar-refractivity contribution in [3.8, 4) is 0 Å². The molecule has 5 heteroatoms. The van der Waals surface area contributed by atoms with Crippen molar-refractivity contribution < 1.29 is 9.47 Å². The van der Waals surface area contributed by atoms with Crippen LogP contribution in [0.3, 0.4) is 0 Å². The van der Waals surface area contributed by atoms with E-state index in [1.54, 1.807) is 6.33 Å². The van der Waals surface area contributed by atoms with Gasteiger partial charge >= 0.3 is 0 Å². The van der Waals surface area contributed by atoms with E-state index in [0.717, 1.165) is 30.9 Å². The van der Waals surface area contributed by atoms with Crippen LogP contribution in [-0.4, -0.2) is 42.4 Å². The van der Waals surface area contributed by atoms with Crippen molar-refractivity contribution >= 4 is 5.82 Å². The molecule has 1 unspecified atom stereocenters. The summed E-state index contributed by atoms with van der Waals surface area (Å²) in [6, 6.07) is 1.99. The fourth-order valence-corrected chi connectivity index (χ4v) is 1.76. The predicted molar refractivity (Wildman–Crippen MR) is 65.1 cm³/mol. The number of anilines is 1. The Morgan fingerprint density at radius 2 is 2.35 bits per heavy atom. The maximum absolute atomic E-state index is 5.55. The van der Waals surface area contributed by atoms with Crippen molar-refractivity contribution in [3.05, 3.63) is 18.1 Å². The summed E-state index contributed by atoms with van der Waals surface area (Å²) in [6.07, 6.45) is 3.80. The average molecular weight is 237 g/mol. The summed E-state index contributed by atoms with van der Waals surface area (Å²) < 4.78 is 10.9. The fourth-order valence-electron chi connectivity index (χ4n) is 1.76. The van der Waals surface area contributed by atoms with E-state index in [4.69, 9.17) is 9.47 Å². The van der Waals surface area contributed by atoms with Crippen molar-refractivity contribution in [2.45, 2.75) is 25.9 Å². The van der Waals surface area contributed by atoms with Gasteiger partial charge in [-0.25, -0.2) is 9.97 Å². The number of aryl methyl sites for hydroxylation is 1. The Kier molecular flexibility index (Phi) is 4.70. The zero-order chi connectivity index (χ0) is 11.9. The quantitative estimate of drug-likeness (QED) is 0.835. The van der Waals surface area contributed by atoms with Gasteiger partial charge in [-0.3, -0.25) is 0 Å². The number of nitrogens with one attached hydrogen (secondary N) is 1. The van der Waals surface area contributed by atoms with E-state index in [1.165, 1.54) is 0 Å². The lowest BCUT2D eigenvalue weighted by Gasteiger charge is -2.23. The van der Waals surface area contributed by atoms with Crippen LogP contribution in [0.2, 0.25) is 0 Å². The van der Waals surface area contributed by atoms with Crippen LogP contribution in [0.25, 0.3) is 0 Å². The van der Waals surface area contributed by atoms with Gasteiger partial charge in [-0.2, -0.15) is 0 Å². The summed E-state index contributed by atoms with van der Waals surface area (Å²) in [5.41, 5.74) is 1.07. The Labute approximate surface area is 102 Å². The monoisotopic (exact) mass is 237 g/mol. The van der Waals surface area contributed by atoms with Crippen LogP contribution < -0.4 is 5.32 Å². The minimum Gasteiger partial charge on any atom is -0.376 e. The second-order valence-corrected chi connectivity index (χ2v) is 4.09. The van der Waals surface area contributed by atoms with Crippen molar-refractivity contribution in [2.24, 2.45) is 0 Å².